The van der Waals surface area contributed by atoms with Crippen LogP contribution in [0.1, 0.15) is 24.4 Å². The minimum atomic E-state index is -0.360. The molecule has 1 N–H and O–H groups in total. The van der Waals surface area contributed by atoms with Gasteiger partial charge in [-0.1, -0.05) is 35.0 Å². The Morgan fingerprint density at radius 1 is 1.06 bits per heavy atom. The van der Waals surface area contributed by atoms with E-state index in [9.17, 15) is 14.0 Å². The van der Waals surface area contributed by atoms with Gasteiger partial charge in [-0.15, -0.1) is 11.8 Å². The average Bonchev–Trinajstić information content (AvgIpc) is 3.36. The molecule has 10 heteroatoms. The summed E-state index contributed by atoms with van der Waals surface area (Å²) in [6, 6.07) is 13.5. The Labute approximate surface area is 207 Å². The summed E-state index contributed by atoms with van der Waals surface area (Å²) in [5.74, 6) is 0.941. The van der Waals surface area contributed by atoms with Gasteiger partial charge in [0.2, 0.25) is 23.5 Å². The first-order valence-corrected chi connectivity index (χ1v) is 12.6. The summed E-state index contributed by atoms with van der Waals surface area (Å²) in [6.07, 6.45) is 0. The number of anilines is 1. The van der Waals surface area contributed by atoms with Gasteiger partial charge in [0.05, 0.1) is 17.5 Å². The van der Waals surface area contributed by atoms with Crippen molar-refractivity contribution in [2.24, 2.45) is 0 Å². The second kappa shape index (κ2) is 11.5. The normalized spacial score (nSPS) is 15.1. The fourth-order valence-corrected chi connectivity index (χ4v) is 4.51. The zero-order valence-corrected chi connectivity index (χ0v) is 20.6. The topological polar surface area (TPSA) is 91.6 Å². The Bertz CT molecular complexity index is 1140. The zero-order valence-electron chi connectivity index (χ0n) is 19.7. The first-order chi connectivity index (χ1) is 16.9. The van der Waals surface area contributed by atoms with Crippen molar-refractivity contribution >= 4 is 29.3 Å². The Balaban J connectivity index is 1.19. The van der Waals surface area contributed by atoms with E-state index in [0.717, 1.165) is 5.56 Å². The Kier molecular flexibility index (Phi) is 8.14. The smallest absolute Gasteiger partial charge is 0.244 e. The van der Waals surface area contributed by atoms with Crippen molar-refractivity contribution in [1.29, 1.82) is 0 Å². The largest absolute Gasteiger partial charge is 0.339 e. The third-order valence-electron chi connectivity index (χ3n) is 5.91. The summed E-state index contributed by atoms with van der Waals surface area (Å²) in [4.78, 5) is 33.2. The lowest BCUT2D eigenvalue weighted by Crippen LogP contribution is -2.49. The van der Waals surface area contributed by atoms with Gasteiger partial charge in [0.15, 0.2) is 0 Å². The molecule has 0 saturated carbocycles. The van der Waals surface area contributed by atoms with E-state index in [-0.39, 0.29) is 35.2 Å². The van der Waals surface area contributed by atoms with Crippen molar-refractivity contribution in [3.8, 4) is 11.4 Å². The lowest BCUT2D eigenvalue weighted by molar-refractivity contribution is -0.130. The molecule has 1 aliphatic rings. The highest BCUT2D eigenvalue weighted by Gasteiger charge is 2.27. The molecule has 0 radical (unpaired) electrons. The van der Waals surface area contributed by atoms with Crippen LogP contribution in [0.25, 0.3) is 11.4 Å². The van der Waals surface area contributed by atoms with Crippen molar-refractivity contribution in [1.82, 2.24) is 19.9 Å². The number of hydrogen-bond donors (Lipinski definition) is 1. The molecular formula is C25H28FN5O3S. The third-order valence-corrected chi connectivity index (χ3v) is 6.83. The Hall–Kier alpha value is -3.24. The predicted molar refractivity (Wildman–Crippen MR) is 133 cm³/mol. The SMILES string of the molecule is Cc1ccc(-c2noc(C(C)N3CCN(C(=O)CSCC(=O)Nc4ccc(F)cc4)CC3)n2)cc1. The molecule has 1 aliphatic heterocycles. The van der Waals surface area contributed by atoms with Gasteiger partial charge in [0.1, 0.15) is 5.82 Å². The maximum Gasteiger partial charge on any atom is 0.244 e. The Morgan fingerprint density at radius 2 is 1.74 bits per heavy atom. The number of thioether (sulfide) groups is 1. The molecule has 0 aliphatic carbocycles. The molecule has 1 atom stereocenters. The summed E-state index contributed by atoms with van der Waals surface area (Å²) in [5.41, 5.74) is 2.61. The molecule has 0 bridgehead atoms. The summed E-state index contributed by atoms with van der Waals surface area (Å²) in [6.45, 7) is 6.66. The van der Waals surface area contributed by atoms with Crippen LogP contribution < -0.4 is 5.32 Å². The molecule has 184 valence electrons. The van der Waals surface area contributed by atoms with Crippen molar-refractivity contribution in [2.45, 2.75) is 19.9 Å². The second-order valence-corrected chi connectivity index (χ2v) is 9.45. The van der Waals surface area contributed by atoms with Gasteiger partial charge >= 0.3 is 0 Å². The van der Waals surface area contributed by atoms with E-state index in [4.69, 9.17) is 4.52 Å². The van der Waals surface area contributed by atoms with Crippen LogP contribution in [-0.2, 0) is 9.59 Å². The second-order valence-electron chi connectivity index (χ2n) is 8.46. The van der Waals surface area contributed by atoms with Crippen LogP contribution in [0.5, 0.6) is 0 Å². The number of benzene rings is 2. The number of piperazine rings is 1. The number of aryl methyl sites for hydroxylation is 1. The fraction of sp³-hybridized carbons (Fsp3) is 0.360. The van der Waals surface area contributed by atoms with Gasteiger partial charge in [-0.2, -0.15) is 4.98 Å². The fourth-order valence-electron chi connectivity index (χ4n) is 3.79. The average molecular weight is 498 g/mol. The minimum Gasteiger partial charge on any atom is -0.339 e. The molecule has 1 aromatic heterocycles. The number of nitrogens with one attached hydrogen (secondary N) is 1. The van der Waals surface area contributed by atoms with Crippen LogP contribution in [0.15, 0.2) is 53.1 Å². The molecule has 0 spiro atoms. The van der Waals surface area contributed by atoms with Gasteiger partial charge in [-0.25, -0.2) is 4.39 Å². The number of aromatic nitrogens is 2. The van der Waals surface area contributed by atoms with Crippen LogP contribution >= 0.6 is 11.8 Å². The first-order valence-electron chi connectivity index (χ1n) is 11.4. The number of halogens is 1. The number of carbonyl (C=O) groups excluding carboxylic acids is 2. The van der Waals surface area contributed by atoms with E-state index in [1.54, 1.807) is 0 Å². The van der Waals surface area contributed by atoms with Crippen LogP contribution in [-0.4, -0.2) is 69.4 Å². The predicted octanol–water partition coefficient (Wildman–Crippen LogP) is 3.76. The van der Waals surface area contributed by atoms with Gasteiger partial charge in [-0.05, 0) is 38.1 Å². The van der Waals surface area contributed by atoms with Crippen molar-refractivity contribution < 1.29 is 18.5 Å². The summed E-state index contributed by atoms with van der Waals surface area (Å²) >= 11 is 1.27. The van der Waals surface area contributed by atoms with Crippen molar-refractivity contribution in [3.05, 3.63) is 65.8 Å². The molecule has 35 heavy (non-hydrogen) atoms. The highest BCUT2D eigenvalue weighted by Crippen LogP contribution is 2.24. The number of rotatable bonds is 8. The van der Waals surface area contributed by atoms with Crippen LogP contribution in [0, 0.1) is 12.7 Å². The summed E-state index contributed by atoms with van der Waals surface area (Å²) < 4.78 is 18.5. The number of carbonyl (C=O) groups is 2. The number of amides is 2. The molecule has 8 nitrogen and oxygen atoms in total. The van der Waals surface area contributed by atoms with Gasteiger partial charge < -0.3 is 14.7 Å². The van der Waals surface area contributed by atoms with E-state index in [1.807, 2.05) is 43.0 Å². The minimum absolute atomic E-state index is 0.0105. The first kappa shape index (κ1) is 24.9. The molecule has 4 rings (SSSR count). The lowest BCUT2D eigenvalue weighted by atomic mass is 10.1. The molecule has 3 aromatic rings. The van der Waals surface area contributed by atoms with Crippen LogP contribution in [0.3, 0.4) is 0 Å². The van der Waals surface area contributed by atoms with Gasteiger partial charge in [0.25, 0.3) is 0 Å². The maximum atomic E-state index is 13.0. The Morgan fingerprint density at radius 3 is 2.43 bits per heavy atom. The molecule has 2 aromatic carbocycles. The van der Waals surface area contributed by atoms with E-state index in [1.165, 1.54) is 41.6 Å². The standard InChI is InChI=1S/C25H28FN5O3S/c1-17-3-5-19(6-4-17)24-28-25(34-29-24)18(2)30-11-13-31(14-12-30)23(33)16-35-15-22(32)27-21-9-7-20(26)8-10-21/h3-10,18H,11-16H2,1-2H3,(H,27,32). The molecular weight excluding hydrogens is 469 g/mol. The van der Waals surface area contributed by atoms with Crippen LogP contribution in [0.4, 0.5) is 10.1 Å². The maximum absolute atomic E-state index is 13.0. The van der Waals surface area contributed by atoms with Gasteiger partial charge in [0, 0.05) is 37.4 Å². The highest BCUT2D eigenvalue weighted by atomic mass is 32.2. The van der Waals surface area contributed by atoms with E-state index in [2.05, 4.69) is 20.4 Å². The van der Waals surface area contributed by atoms with Crippen LogP contribution in [0.2, 0.25) is 0 Å². The molecule has 2 heterocycles. The van der Waals surface area contributed by atoms with Crippen molar-refractivity contribution in [2.75, 3.05) is 43.0 Å². The molecule has 1 unspecified atom stereocenters. The molecule has 1 saturated heterocycles. The van der Waals surface area contributed by atoms with Gasteiger partial charge in [-0.3, -0.25) is 14.5 Å². The zero-order chi connectivity index (χ0) is 24.8. The number of hydrogen-bond acceptors (Lipinski definition) is 7. The van der Waals surface area contributed by atoms with E-state index in [0.29, 0.717) is 43.6 Å². The highest BCUT2D eigenvalue weighted by molar-refractivity contribution is 8.00. The van der Waals surface area contributed by atoms with E-state index >= 15 is 0 Å². The van der Waals surface area contributed by atoms with E-state index < -0.39 is 0 Å². The number of nitrogens with zero attached hydrogens (tertiary/aromatic N) is 4. The lowest BCUT2D eigenvalue weighted by Gasteiger charge is -2.36. The third kappa shape index (κ3) is 6.67. The summed E-state index contributed by atoms with van der Waals surface area (Å²) in [7, 11) is 0. The molecule has 1 fully saturated rings. The monoisotopic (exact) mass is 497 g/mol. The van der Waals surface area contributed by atoms with Crippen molar-refractivity contribution in [3.63, 3.8) is 0 Å². The quantitative estimate of drug-likeness (QED) is 0.507. The summed E-state index contributed by atoms with van der Waals surface area (Å²) in [5, 5.41) is 6.82. The molecule has 2 amide bonds.